The molecule has 0 amide bonds. The largest absolute Gasteiger partial charge is 0.261 e. The van der Waals surface area contributed by atoms with Crippen molar-refractivity contribution >= 4 is 11.8 Å². The smallest absolute Gasteiger partial charge is 0.0716 e. The Bertz CT molecular complexity index is 197. The highest BCUT2D eigenvalue weighted by Crippen LogP contribution is 2.26. The van der Waals surface area contributed by atoms with Crippen molar-refractivity contribution in [2.45, 2.75) is 18.6 Å². The zero-order valence-electron chi connectivity index (χ0n) is 6.82. The highest BCUT2D eigenvalue weighted by atomic mass is 32.2. The Morgan fingerprint density at radius 3 is 2.82 bits per heavy atom. The first-order valence-electron chi connectivity index (χ1n) is 3.67. The molecule has 0 fully saturated rings. The molecule has 11 heavy (non-hydrogen) atoms. The summed E-state index contributed by atoms with van der Waals surface area (Å²) in [4.78, 5) is 8.26. The predicted molar refractivity (Wildman–Crippen MR) is 48.6 cm³/mol. The second-order valence-electron chi connectivity index (χ2n) is 2.26. The Morgan fingerprint density at radius 1 is 1.55 bits per heavy atom. The topological polar surface area (TPSA) is 25.8 Å². The quantitative estimate of drug-likeness (QED) is 0.692. The van der Waals surface area contributed by atoms with Crippen LogP contribution in [0.2, 0.25) is 0 Å². The molecule has 3 heteroatoms. The molecule has 1 unspecified atom stereocenters. The third-order valence-corrected chi connectivity index (χ3v) is 2.71. The van der Waals surface area contributed by atoms with E-state index >= 15 is 0 Å². The molecule has 0 aromatic carbocycles. The maximum atomic E-state index is 4.24. The molecule has 0 saturated carbocycles. The average molecular weight is 168 g/mol. The minimum absolute atomic E-state index is 0.503. The Labute approximate surface area is 71.5 Å². The Hall–Kier alpha value is -0.570. The minimum Gasteiger partial charge on any atom is -0.261 e. The lowest BCUT2D eigenvalue weighted by molar-refractivity contribution is 0.850. The lowest BCUT2D eigenvalue weighted by Crippen LogP contribution is -1.95. The van der Waals surface area contributed by atoms with Crippen molar-refractivity contribution in [3.8, 4) is 0 Å². The molecule has 0 bridgehead atoms. The Balaban J connectivity index is 2.74. The summed E-state index contributed by atoms with van der Waals surface area (Å²) in [5.41, 5.74) is 1.09. The lowest BCUT2D eigenvalue weighted by atomic mass is 10.2. The van der Waals surface area contributed by atoms with E-state index in [1.807, 2.05) is 18.0 Å². The van der Waals surface area contributed by atoms with Gasteiger partial charge >= 0.3 is 0 Å². The fourth-order valence-electron chi connectivity index (χ4n) is 0.973. The Morgan fingerprint density at radius 2 is 2.36 bits per heavy atom. The summed E-state index contributed by atoms with van der Waals surface area (Å²) in [6.45, 7) is 2.16. The normalized spacial score (nSPS) is 12.9. The van der Waals surface area contributed by atoms with Crippen molar-refractivity contribution in [2.75, 3.05) is 6.26 Å². The molecule has 1 atom stereocenters. The summed E-state index contributed by atoms with van der Waals surface area (Å²) < 4.78 is 0. The van der Waals surface area contributed by atoms with Crippen LogP contribution in [0.5, 0.6) is 0 Å². The first kappa shape index (κ1) is 8.53. The average Bonchev–Trinajstić information content (AvgIpc) is 2.09. The second kappa shape index (κ2) is 4.34. The number of aromatic nitrogens is 2. The highest BCUT2D eigenvalue weighted by Gasteiger charge is 2.07. The van der Waals surface area contributed by atoms with E-state index in [4.69, 9.17) is 0 Å². The molecular weight excluding hydrogens is 156 g/mol. The maximum Gasteiger partial charge on any atom is 0.0716 e. The van der Waals surface area contributed by atoms with E-state index in [9.17, 15) is 0 Å². The van der Waals surface area contributed by atoms with E-state index in [1.54, 1.807) is 12.4 Å². The summed E-state index contributed by atoms with van der Waals surface area (Å²) in [5.74, 6) is 0. The van der Waals surface area contributed by atoms with Crippen LogP contribution >= 0.6 is 11.8 Å². The molecule has 0 saturated heterocycles. The van der Waals surface area contributed by atoms with E-state index in [-0.39, 0.29) is 0 Å². The van der Waals surface area contributed by atoms with Crippen LogP contribution in [0.25, 0.3) is 0 Å². The van der Waals surface area contributed by atoms with Crippen LogP contribution in [0.1, 0.15) is 24.3 Å². The van der Waals surface area contributed by atoms with E-state index in [2.05, 4.69) is 23.1 Å². The van der Waals surface area contributed by atoms with Gasteiger partial charge in [0, 0.05) is 23.8 Å². The van der Waals surface area contributed by atoms with Gasteiger partial charge in [-0.2, -0.15) is 11.8 Å². The van der Waals surface area contributed by atoms with Gasteiger partial charge in [0.05, 0.1) is 5.69 Å². The van der Waals surface area contributed by atoms with Gasteiger partial charge in [0.15, 0.2) is 0 Å². The van der Waals surface area contributed by atoms with Gasteiger partial charge in [-0.3, -0.25) is 9.97 Å². The third-order valence-electron chi connectivity index (χ3n) is 1.57. The van der Waals surface area contributed by atoms with Crippen molar-refractivity contribution in [1.29, 1.82) is 0 Å². The molecule has 60 valence electrons. The van der Waals surface area contributed by atoms with Gasteiger partial charge in [-0.15, -0.1) is 0 Å². The SMILES string of the molecule is CCC(SC)c1cnccn1. The van der Waals surface area contributed by atoms with E-state index < -0.39 is 0 Å². The minimum atomic E-state index is 0.503. The monoisotopic (exact) mass is 168 g/mol. The molecular formula is C8H12N2S. The van der Waals surface area contributed by atoms with Crippen LogP contribution in [0.15, 0.2) is 18.6 Å². The standard InChI is InChI=1S/C8H12N2S/c1-3-8(11-2)7-6-9-4-5-10-7/h4-6,8H,3H2,1-2H3. The van der Waals surface area contributed by atoms with Gasteiger partial charge in [-0.1, -0.05) is 6.92 Å². The van der Waals surface area contributed by atoms with Crippen LogP contribution in [0.4, 0.5) is 0 Å². The van der Waals surface area contributed by atoms with E-state index in [0.717, 1.165) is 12.1 Å². The van der Waals surface area contributed by atoms with Gasteiger partial charge < -0.3 is 0 Å². The van der Waals surface area contributed by atoms with Crippen LogP contribution < -0.4 is 0 Å². The molecule has 2 nitrogen and oxygen atoms in total. The number of hydrogen-bond acceptors (Lipinski definition) is 3. The first-order valence-corrected chi connectivity index (χ1v) is 4.96. The zero-order valence-corrected chi connectivity index (χ0v) is 7.64. The van der Waals surface area contributed by atoms with E-state index in [0.29, 0.717) is 5.25 Å². The number of rotatable bonds is 3. The van der Waals surface area contributed by atoms with Crippen molar-refractivity contribution in [3.05, 3.63) is 24.3 Å². The van der Waals surface area contributed by atoms with Crippen molar-refractivity contribution in [1.82, 2.24) is 9.97 Å². The number of thioether (sulfide) groups is 1. The molecule has 1 heterocycles. The van der Waals surface area contributed by atoms with Crippen LogP contribution in [0, 0.1) is 0 Å². The van der Waals surface area contributed by atoms with Gasteiger partial charge in [0.25, 0.3) is 0 Å². The molecule has 0 spiro atoms. The summed E-state index contributed by atoms with van der Waals surface area (Å²) in [7, 11) is 0. The van der Waals surface area contributed by atoms with Crippen molar-refractivity contribution in [3.63, 3.8) is 0 Å². The van der Waals surface area contributed by atoms with Gasteiger partial charge in [0.1, 0.15) is 0 Å². The van der Waals surface area contributed by atoms with Crippen LogP contribution in [0.3, 0.4) is 0 Å². The first-order chi connectivity index (χ1) is 5.38. The second-order valence-corrected chi connectivity index (χ2v) is 3.30. The number of hydrogen-bond donors (Lipinski definition) is 0. The summed E-state index contributed by atoms with van der Waals surface area (Å²) in [6.07, 6.45) is 8.50. The van der Waals surface area contributed by atoms with Crippen molar-refractivity contribution < 1.29 is 0 Å². The molecule has 0 radical (unpaired) electrons. The Kier molecular flexibility index (Phi) is 3.36. The van der Waals surface area contributed by atoms with Gasteiger partial charge in [-0.25, -0.2) is 0 Å². The maximum absolute atomic E-state index is 4.24. The summed E-state index contributed by atoms with van der Waals surface area (Å²) in [5, 5.41) is 0.503. The fraction of sp³-hybridized carbons (Fsp3) is 0.500. The molecule has 0 aliphatic rings. The highest BCUT2D eigenvalue weighted by molar-refractivity contribution is 7.98. The number of nitrogens with zero attached hydrogens (tertiary/aromatic N) is 2. The molecule has 1 rings (SSSR count). The van der Waals surface area contributed by atoms with Crippen molar-refractivity contribution in [2.24, 2.45) is 0 Å². The van der Waals surface area contributed by atoms with Crippen LogP contribution in [-0.2, 0) is 0 Å². The fourth-order valence-corrected chi connectivity index (χ4v) is 1.67. The lowest BCUT2D eigenvalue weighted by Gasteiger charge is -2.08. The third kappa shape index (κ3) is 2.19. The zero-order chi connectivity index (χ0) is 8.10. The predicted octanol–water partition coefficient (Wildman–Crippen LogP) is 2.29. The van der Waals surface area contributed by atoms with E-state index in [1.165, 1.54) is 0 Å². The molecule has 1 aromatic heterocycles. The molecule has 0 aliphatic heterocycles. The summed E-state index contributed by atoms with van der Waals surface area (Å²) in [6, 6.07) is 0. The summed E-state index contributed by atoms with van der Waals surface area (Å²) >= 11 is 1.82. The molecule has 0 N–H and O–H groups in total. The molecule has 1 aromatic rings. The van der Waals surface area contributed by atoms with Gasteiger partial charge in [-0.05, 0) is 12.7 Å². The van der Waals surface area contributed by atoms with Gasteiger partial charge in [0.2, 0.25) is 0 Å². The van der Waals surface area contributed by atoms with Crippen LogP contribution in [-0.4, -0.2) is 16.2 Å². The molecule has 0 aliphatic carbocycles.